The number of guanidine groups is 1. The lowest BCUT2D eigenvalue weighted by molar-refractivity contribution is 0.311. The molecule has 6 heteroatoms. The second-order valence-corrected chi connectivity index (χ2v) is 5.85. The Kier molecular flexibility index (Phi) is 8.29. The number of hydrogen-bond acceptors (Lipinski definition) is 4. The molecule has 0 aliphatic carbocycles. The predicted octanol–water partition coefficient (Wildman–Crippen LogP) is 4.07. The summed E-state index contributed by atoms with van der Waals surface area (Å²) in [6.07, 6.45) is 0.991. The molecule has 0 fully saturated rings. The molecule has 0 aromatic heterocycles. The van der Waals surface area contributed by atoms with E-state index in [1.807, 2.05) is 43.3 Å². The molecule has 2 N–H and O–H groups in total. The Hall–Kier alpha value is -2.89. The zero-order valence-corrected chi connectivity index (χ0v) is 16.5. The molecule has 146 valence electrons. The minimum absolute atomic E-state index is 0.573. The Morgan fingerprint density at radius 1 is 1.04 bits per heavy atom. The summed E-state index contributed by atoms with van der Waals surface area (Å²) in [7, 11) is 3.37. The van der Waals surface area contributed by atoms with Crippen LogP contribution in [0.15, 0.2) is 47.5 Å². The molecule has 0 unspecified atom stereocenters. The molecule has 0 atom stereocenters. The first-order valence-electron chi connectivity index (χ1n) is 9.20. The summed E-state index contributed by atoms with van der Waals surface area (Å²) in [6, 6.07) is 13.8. The zero-order chi connectivity index (χ0) is 19.5. The fraction of sp³-hybridized carbons (Fsp3) is 0.381. The quantitative estimate of drug-likeness (QED) is 0.514. The molecule has 0 aliphatic rings. The summed E-state index contributed by atoms with van der Waals surface area (Å²) in [5, 5.41) is 6.58. The molecule has 27 heavy (non-hydrogen) atoms. The lowest BCUT2D eigenvalue weighted by atomic mass is 10.2. The van der Waals surface area contributed by atoms with Crippen molar-refractivity contribution in [1.82, 2.24) is 5.32 Å². The fourth-order valence-corrected chi connectivity index (χ4v) is 2.49. The van der Waals surface area contributed by atoms with Gasteiger partial charge in [0.15, 0.2) is 17.5 Å². The van der Waals surface area contributed by atoms with Crippen molar-refractivity contribution < 1.29 is 14.2 Å². The SMILES string of the molecule is CCCOc1cccc(CNC(=NC)Nc2ccc(OC)c(OCC)c2)c1. The molecule has 0 saturated carbocycles. The lowest BCUT2D eigenvalue weighted by Gasteiger charge is -2.15. The smallest absolute Gasteiger partial charge is 0.195 e. The van der Waals surface area contributed by atoms with Gasteiger partial charge in [0.05, 0.1) is 20.3 Å². The van der Waals surface area contributed by atoms with Gasteiger partial charge in [0.2, 0.25) is 0 Å². The summed E-state index contributed by atoms with van der Waals surface area (Å²) < 4.78 is 16.6. The zero-order valence-electron chi connectivity index (χ0n) is 16.5. The number of nitrogens with one attached hydrogen (secondary N) is 2. The van der Waals surface area contributed by atoms with Gasteiger partial charge >= 0.3 is 0 Å². The van der Waals surface area contributed by atoms with Crippen molar-refractivity contribution in [2.45, 2.75) is 26.8 Å². The van der Waals surface area contributed by atoms with E-state index in [9.17, 15) is 0 Å². The maximum Gasteiger partial charge on any atom is 0.195 e. The van der Waals surface area contributed by atoms with Gasteiger partial charge in [-0.15, -0.1) is 0 Å². The number of anilines is 1. The highest BCUT2D eigenvalue weighted by atomic mass is 16.5. The molecule has 0 spiro atoms. The number of methoxy groups -OCH3 is 1. The van der Waals surface area contributed by atoms with Gasteiger partial charge in [-0.1, -0.05) is 19.1 Å². The first kappa shape index (κ1) is 20.4. The van der Waals surface area contributed by atoms with Crippen LogP contribution in [0.25, 0.3) is 0 Å². The summed E-state index contributed by atoms with van der Waals surface area (Å²) in [5.74, 6) is 2.95. The van der Waals surface area contributed by atoms with Crippen LogP contribution in [0.4, 0.5) is 5.69 Å². The van der Waals surface area contributed by atoms with E-state index in [0.717, 1.165) is 30.0 Å². The summed E-state index contributed by atoms with van der Waals surface area (Å²) in [5.41, 5.74) is 1.99. The molecule has 0 aliphatic heterocycles. The first-order valence-corrected chi connectivity index (χ1v) is 9.20. The fourth-order valence-electron chi connectivity index (χ4n) is 2.49. The van der Waals surface area contributed by atoms with Crippen LogP contribution in [0.3, 0.4) is 0 Å². The van der Waals surface area contributed by atoms with Crippen LogP contribution in [0.5, 0.6) is 17.2 Å². The van der Waals surface area contributed by atoms with Gasteiger partial charge in [0.1, 0.15) is 5.75 Å². The molecule has 0 bridgehead atoms. The second kappa shape index (κ2) is 11.0. The van der Waals surface area contributed by atoms with Crippen LogP contribution >= 0.6 is 0 Å². The highest BCUT2D eigenvalue weighted by Crippen LogP contribution is 2.30. The number of nitrogens with zero attached hydrogens (tertiary/aromatic N) is 1. The van der Waals surface area contributed by atoms with Crippen molar-refractivity contribution in [3.63, 3.8) is 0 Å². The predicted molar refractivity (Wildman–Crippen MR) is 110 cm³/mol. The average molecular weight is 371 g/mol. The van der Waals surface area contributed by atoms with Crippen molar-refractivity contribution >= 4 is 11.6 Å². The Labute approximate surface area is 161 Å². The molecule has 0 radical (unpaired) electrons. The normalized spacial score (nSPS) is 11.0. The van der Waals surface area contributed by atoms with Crippen LogP contribution in [0.2, 0.25) is 0 Å². The second-order valence-electron chi connectivity index (χ2n) is 5.85. The van der Waals surface area contributed by atoms with Gasteiger partial charge in [-0.25, -0.2) is 0 Å². The van der Waals surface area contributed by atoms with E-state index in [0.29, 0.717) is 30.6 Å². The largest absolute Gasteiger partial charge is 0.494 e. The Morgan fingerprint density at radius 2 is 1.89 bits per heavy atom. The van der Waals surface area contributed by atoms with Gasteiger partial charge in [-0.3, -0.25) is 4.99 Å². The van der Waals surface area contributed by atoms with Gasteiger partial charge in [0, 0.05) is 25.3 Å². The number of ether oxygens (including phenoxy) is 3. The van der Waals surface area contributed by atoms with Crippen LogP contribution in [0.1, 0.15) is 25.8 Å². The maximum absolute atomic E-state index is 5.68. The molecular formula is C21H29N3O3. The van der Waals surface area contributed by atoms with Crippen molar-refractivity contribution in [2.75, 3.05) is 32.7 Å². The van der Waals surface area contributed by atoms with E-state index < -0.39 is 0 Å². The van der Waals surface area contributed by atoms with Gasteiger partial charge in [-0.05, 0) is 43.2 Å². The topological polar surface area (TPSA) is 64.1 Å². The van der Waals surface area contributed by atoms with Crippen molar-refractivity contribution in [3.8, 4) is 17.2 Å². The molecule has 0 amide bonds. The molecule has 2 aromatic carbocycles. The highest BCUT2D eigenvalue weighted by Gasteiger charge is 2.07. The average Bonchev–Trinajstić information content (AvgIpc) is 2.70. The van der Waals surface area contributed by atoms with Gasteiger partial charge in [0.25, 0.3) is 0 Å². The Bertz CT molecular complexity index is 747. The Morgan fingerprint density at radius 3 is 2.59 bits per heavy atom. The van der Waals surface area contributed by atoms with Crippen LogP contribution in [0, 0.1) is 0 Å². The van der Waals surface area contributed by atoms with E-state index in [4.69, 9.17) is 14.2 Å². The minimum Gasteiger partial charge on any atom is -0.494 e. The minimum atomic E-state index is 0.573. The van der Waals surface area contributed by atoms with E-state index >= 15 is 0 Å². The van der Waals surface area contributed by atoms with E-state index in [-0.39, 0.29) is 0 Å². The highest BCUT2D eigenvalue weighted by molar-refractivity contribution is 5.93. The molecule has 0 saturated heterocycles. The first-order chi connectivity index (χ1) is 13.2. The van der Waals surface area contributed by atoms with Crippen molar-refractivity contribution in [2.24, 2.45) is 4.99 Å². The lowest BCUT2D eigenvalue weighted by Crippen LogP contribution is -2.30. The number of aliphatic imine (C=N–C) groups is 1. The van der Waals surface area contributed by atoms with Crippen LogP contribution < -0.4 is 24.8 Å². The summed E-state index contributed by atoms with van der Waals surface area (Å²) in [4.78, 5) is 4.28. The molecule has 6 nitrogen and oxygen atoms in total. The third kappa shape index (κ3) is 6.40. The van der Waals surface area contributed by atoms with E-state index in [1.54, 1.807) is 14.2 Å². The van der Waals surface area contributed by atoms with Crippen LogP contribution in [-0.2, 0) is 6.54 Å². The summed E-state index contributed by atoms with van der Waals surface area (Å²) >= 11 is 0. The molecule has 0 heterocycles. The van der Waals surface area contributed by atoms with Crippen molar-refractivity contribution in [3.05, 3.63) is 48.0 Å². The standard InChI is InChI=1S/C21H29N3O3/c1-5-12-27-18-9-7-8-16(13-18)15-23-21(22-3)24-17-10-11-19(25-4)20(14-17)26-6-2/h7-11,13-14H,5-6,12,15H2,1-4H3,(H2,22,23,24). The Balaban J connectivity index is 1.99. The number of benzene rings is 2. The van der Waals surface area contributed by atoms with Gasteiger partial charge in [-0.2, -0.15) is 0 Å². The summed E-state index contributed by atoms with van der Waals surface area (Å²) in [6.45, 7) is 5.97. The van der Waals surface area contributed by atoms with Gasteiger partial charge < -0.3 is 24.8 Å². The maximum atomic E-state index is 5.68. The molecule has 2 aromatic rings. The monoisotopic (exact) mass is 371 g/mol. The number of hydrogen-bond donors (Lipinski definition) is 2. The molecular weight excluding hydrogens is 342 g/mol. The third-order valence-corrected chi connectivity index (χ3v) is 3.78. The van der Waals surface area contributed by atoms with Crippen molar-refractivity contribution in [1.29, 1.82) is 0 Å². The van der Waals surface area contributed by atoms with Crippen LogP contribution in [-0.4, -0.2) is 33.3 Å². The third-order valence-electron chi connectivity index (χ3n) is 3.78. The number of rotatable bonds is 9. The van der Waals surface area contributed by atoms with E-state index in [2.05, 4.69) is 28.6 Å². The van der Waals surface area contributed by atoms with E-state index in [1.165, 1.54) is 0 Å². The molecule has 2 rings (SSSR count).